The van der Waals surface area contributed by atoms with Crippen molar-refractivity contribution in [2.45, 2.75) is 37.2 Å². The zero-order valence-electron chi connectivity index (χ0n) is 17.9. The summed E-state index contributed by atoms with van der Waals surface area (Å²) in [6.45, 7) is 2.77. The molecule has 0 unspecified atom stereocenters. The lowest BCUT2D eigenvalue weighted by Gasteiger charge is -2.28. The molecule has 3 rings (SSSR count). The number of nitrogens with two attached hydrogens (primary N) is 1. The summed E-state index contributed by atoms with van der Waals surface area (Å²) >= 11 is 0. The Morgan fingerprint density at radius 3 is 2.33 bits per heavy atom. The van der Waals surface area contributed by atoms with Gasteiger partial charge in [-0.25, -0.2) is 18.4 Å². The van der Waals surface area contributed by atoms with E-state index in [0.29, 0.717) is 18.8 Å². The number of carbonyl (C=O) groups is 2. The second-order valence-electron chi connectivity index (χ2n) is 7.61. The molecular formula is C21H24N4O7S. The average Bonchev–Trinajstić information content (AvgIpc) is 2.78. The number of nitrogens with zero attached hydrogens (tertiary/aromatic N) is 2. The molecule has 0 spiro atoms. The summed E-state index contributed by atoms with van der Waals surface area (Å²) in [6.07, 6.45) is 1.75. The second kappa shape index (κ2) is 9.96. The summed E-state index contributed by atoms with van der Waals surface area (Å²) in [5, 5.41) is 19.1. The largest absolute Gasteiger partial charge is 0.449 e. The Kier molecular flexibility index (Phi) is 7.29. The molecule has 11 nitrogen and oxygen atoms in total. The molecule has 0 aromatic heterocycles. The topological polar surface area (TPSA) is 162 Å². The lowest BCUT2D eigenvalue weighted by Crippen LogP contribution is -2.31. The number of anilines is 2. The van der Waals surface area contributed by atoms with Crippen LogP contribution in [-0.2, 0) is 19.6 Å². The third-order valence-electron chi connectivity index (χ3n) is 5.21. The third-order valence-corrected chi connectivity index (χ3v) is 6.14. The van der Waals surface area contributed by atoms with Gasteiger partial charge in [0.15, 0.2) is 6.10 Å². The number of hydrogen-bond donors (Lipinski definition) is 2. The number of amides is 1. The summed E-state index contributed by atoms with van der Waals surface area (Å²) in [6, 6.07) is 9.26. The van der Waals surface area contributed by atoms with E-state index < -0.39 is 32.9 Å². The van der Waals surface area contributed by atoms with Gasteiger partial charge in [0.25, 0.3) is 11.6 Å². The van der Waals surface area contributed by atoms with Crippen molar-refractivity contribution in [2.75, 3.05) is 23.3 Å². The molecule has 2 aromatic carbocycles. The van der Waals surface area contributed by atoms with Gasteiger partial charge in [0.2, 0.25) is 10.0 Å². The fraction of sp³-hybridized carbons (Fsp3) is 0.333. The number of carbonyl (C=O) groups excluding carboxylic acids is 2. The third kappa shape index (κ3) is 6.05. The Labute approximate surface area is 190 Å². The van der Waals surface area contributed by atoms with Crippen molar-refractivity contribution in [3.63, 3.8) is 0 Å². The zero-order valence-corrected chi connectivity index (χ0v) is 18.7. The van der Waals surface area contributed by atoms with E-state index in [1.165, 1.54) is 43.3 Å². The zero-order chi connectivity index (χ0) is 24.2. The maximum absolute atomic E-state index is 12.5. The highest BCUT2D eigenvalue weighted by molar-refractivity contribution is 7.89. The molecular weight excluding hydrogens is 452 g/mol. The van der Waals surface area contributed by atoms with Gasteiger partial charge in [-0.1, -0.05) is 0 Å². The summed E-state index contributed by atoms with van der Waals surface area (Å²) in [4.78, 5) is 37.7. The maximum atomic E-state index is 12.5. The van der Waals surface area contributed by atoms with Crippen LogP contribution in [0.1, 0.15) is 36.5 Å². The Balaban J connectivity index is 1.67. The molecule has 33 heavy (non-hydrogen) atoms. The summed E-state index contributed by atoms with van der Waals surface area (Å²) in [5.41, 5.74) is 0.486. The minimum Gasteiger partial charge on any atom is -0.449 e. The Morgan fingerprint density at radius 1 is 1.12 bits per heavy atom. The molecule has 1 heterocycles. The highest BCUT2D eigenvalue weighted by Crippen LogP contribution is 2.31. The van der Waals surface area contributed by atoms with E-state index in [4.69, 9.17) is 9.88 Å². The second-order valence-corrected chi connectivity index (χ2v) is 9.18. The number of primary sulfonamides is 1. The molecule has 1 atom stereocenters. The number of nitro groups is 1. The Morgan fingerprint density at radius 2 is 1.76 bits per heavy atom. The molecule has 1 saturated heterocycles. The fourth-order valence-electron chi connectivity index (χ4n) is 3.45. The Hall–Kier alpha value is -3.51. The van der Waals surface area contributed by atoms with Crippen LogP contribution >= 0.6 is 0 Å². The molecule has 0 aliphatic carbocycles. The molecule has 3 N–H and O–H groups in total. The first-order chi connectivity index (χ1) is 15.6. The minimum absolute atomic E-state index is 0.0420. The van der Waals surface area contributed by atoms with Crippen LogP contribution in [0.15, 0.2) is 47.4 Å². The fourth-order valence-corrected chi connectivity index (χ4v) is 3.97. The van der Waals surface area contributed by atoms with Crippen LogP contribution < -0.4 is 15.4 Å². The van der Waals surface area contributed by atoms with Gasteiger partial charge in [0.1, 0.15) is 5.69 Å². The van der Waals surface area contributed by atoms with Crippen molar-refractivity contribution < 1.29 is 27.7 Å². The SMILES string of the molecule is C[C@H](OC(=O)c1ccc(N2CCCCC2)c([N+](=O)[O-])c1)C(=O)Nc1ccc(S(N)(=O)=O)cc1. The predicted octanol–water partition coefficient (Wildman–Crippen LogP) is 2.42. The van der Waals surface area contributed by atoms with Gasteiger partial charge in [-0.15, -0.1) is 0 Å². The summed E-state index contributed by atoms with van der Waals surface area (Å²) in [5.74, 6) is -1.54. The minimum atomic E-state index is -3.86. The smallest absolute Gasteiger partial charge is 0.339 e. The first-order valence-electron chi connectivity index (χ1n) is 10.2. The van der Waals surface area contributed by atoms with Gasteiger partial charge in [-0.2, -0.15) is 0 Å². The van der Waals surface area contributed by atoms with E-state index in [1.807, 2.05) is 4.90 Å². The molecule has 1 amide bonds. The van der Waals surface area contributed by atoms with Crippen LogP contribution in [0.4, 0.5) is 17.1 Å². The van der Waals surface area contributed by atoms with Crippen LogP contribution in [0.25, 0.3) is 0 Å². The van der Waals surface area contributed by atoms with Gasteiger partial charge in [0.05, 0.1) is 15.4 Å². The first kappa shape index (κ1) is 24.1. The molecule has 2 aromatic rings. The Bertz CT molecular complexity index is 1160. The average molecular weight is 477 g/mol. The lowest BCUT2D eigenvalue weighted by atomic mass is 10.1. The number of nitro benzene ring substituents is 1. The van der Waals surface area contributed by atoms with Gasteiger partial charge in [-0.05, 0) is 62.6 Å². The van der Waals surface area contributed by atoms with Crippen molar-refractivity contribution >= 4 is 39.0 Å². The van der Waals surface area contributed by atoms with Crippen LogP contribution in [0, 0.1) is 10.1 Å². The van der Waals surface area contributed by atoms with Crippen molar-refractivity contribution in [1.82, 2.24) is 0 Å². The lowest BCUT2D eigenvalue weighted by molar-refractivity contribution is -0.384. The highest BCUT2D eigenvalue weighted by Gasteiger charge is 2.25. The van der Waals surface area contributed by atoms with Gasteiger partial charge < -0.3 is 15.0 Å². The number of ether oxygens (including phenoxy) is 1. The number of rotatable bonds is 7. The van der Waals surface area contributed by atoms with E-state index >= 15 is 0 Å². The molecule has 176 valence electrons. The molecule has 1 fully saturated rings. The first-order valence-corrected chi connectivity index (χ1v) is 11.8. The number of sulfonamides is 1. The molecule has 1 aliphatic rings. The summed E-state index contributed by atoms with van der Waals surface area (Å²) in [7, 11) is -3.86. The van der Waals surface area contributed by atoms with Gasteiger partial charge in [-0.3, -0.25) is 14.9 Å². The number of nitrogens with one attached hydrogen (secondary N) is 1. The van der Waals surface area contributed by atoms with Gasteiger partial charge >= 0.3 is 5.97 Å². The molecule has 1 aliphatic heterocycles. The number of esters is 1. The standard InChI is InChI=1S/C21H24N4O7S/c1-14(20(26)23-16-6-8-17(9-7-16)33(22,30)31)32-21(27)15-5-10-18(19(13-15)25(28)29)24-11-3-2-4-12-24/h5-10,13-14H,2-4,11-12H2,1H3,(H,23,26)(H2,22,30,31)/t14-/m0/s1. The van der Waals surface area contributed by atoms with Crippen molar-refractivity contribution in [3.8, 4) is 0 Å². The predicted molar refractivity (Wildman–Crippen MR) is 120 cm³/mol. The quantitative estimate of drug-likeness (QED) is 0.350. The van der Waals surface area contributed by atoms with Gasteiger partial charge in [0, 0.05) is 24.8 Å². The number of hydrogen-bond acceptors (Lipinski definition) is 8. The molecule has 0 bridgehead atoms. The van der Waals surface area contributed by atoms with Crippen LogP contribution in [0.3, 0.4) is 0 Å². The maximum Gasteiger partial charge on any atom is 0.339 e. The van der Waals surface area contributed by atoms with Crippen molar-refractivity contribution in [3.05, 3.63) is 58.1 Å². The van der Waals surface area contributed by atoms with E-state index in [2.05, 4.69) is 5.32 Å². The van der Waals surface area contributed by atoms with E-state index in [1.54, 1.807) is 0 Å². The molecule has 0 radical (unpaired) electrons. The van der Waals surface area contributed by atoms with E-state index in [-0.39, 0.29) is 21.8 Å². The normalized spacial score (nSPS) is 14.9. The van der Waals surface area contributed by atoms with E-state index in [9.17, 15) is 28.1 Å². The van der Waals surface area contributed by atoms with Crippen molar-refractivity contribution in [2.24, 2.45) is 5.14 Å². The number of piperidine rings is 1. The summed E-state index contributed by atoms with van der Waals surface area (Å²) < 4.78 is 27.8. The van der Waals surface area contributed by atoms with Crippen LogP contribution in [0.2, 0.25) is 0 Å². The van der Waals surface area contributed by atoms with Crippen LogP contribution in [0.5, 0.6) is 0 Å². The monoisotopic (exact) mass is 476 g/mol. The number of benzene rings is 2. The molecule has 0 saturated carbocycles. The van der Waals surface area contributed by atoms with Crippen LogP contribution in [-0.4, -0.2) is 44.4 Å². The van der Waals surface area contributed by atoms with E-state index in [0.717, 1.165) is 25.3 Å². The van der Waals surface area contributed by atoms with Crippen molar-refractivity contribution in [1.29, 1.82) is 0 Å². The highest BCUT2D eigenvalue weighted by atomic mass is 32.2. The molecule has 12 heteroatoms.